The Morgan fingerprint density at radius 3 is 2.35 bits per heavy atom. The minimum Gasteiger partial charge on any atom is -0.355 e. The van der Waals surface area contributed by atoms with Gasteiger partial charge in [-0.3, -0.25) is 4.79 Å². The standard InChI is InChI=1S/C11H8ClF4NO3/c1-17-6-4-2-3-5(12)7(6)9(13,8(17)18)10(19,20)11(14,15)16/h2-4,19-20H,1H3. The fourth-order valence-electron chi connectivity index (χ4n) is 2.10. The lowest BCUT2D eigenvalue weighted by Crippen LogP contribution is -2.62. The van der Waals surface area contributed by atoms with Gasteiger partial charge in [0, 0.05) is 17.6 Å². The number of fused-ring (bicyclic) bond motifs is 1. The normalized spacial score (nSPS) is 23.2. The zero-order chi connectivity index (χ0) is 15.5. The molecule has 0 bridgehead atoms. The van der Waals surface area contributed by atoms with Gasteiger partial charge in [-0.2, -0.15) is 13.2 Å². The molecule has 0 aromatic heterocycles. The lowest BCUT2D eigenvalue weighted by Gasteiger charge is -2.34. The van der Waals surface area contributed by atoms with E-state index in [1.165, 1.54) is 6.07 Å². The third-order valence-electron chi connectivity index (χ3n) is 3.17. The summed E-state index contributed by atoms with van der Waals surface area (Å²) in [5, 5.41) is 17.9. The van der Waals surface area contributed by atoms with Gasteiger partial charge in [0.25, 0.3) is 11.6 Å². The minimum atomic E-state index is -5.79. The van der Waals surface area contributed by atoms with Gasteiger partial charge in [-0.15, -0.1) is 0 Å². The number of aliphatic hydroxyl groups is 2. The molecule has 0 saturated carbocycles. The fraction of sp³-hybridized carbons (Fsp3) is 0.364. The first kappa shape index (κ1) is 15.0. The Hall–Kier alpha value is -1.38. The minimum absolute atomic E-state index is 0.262. The van der Waals surface area contributed by atoms with Crippen molar-refractivity contribution in [2.75, 3.05) is 11.9 Å². The van der Waals surface area contributed by atoms with Crippen LogP contribution in [0.2, 0.25) is 5.02 Å². The van der Waals surface area contributed by atoms with Crippen LogP contribution < -0.4 is 4.90 Å². The molecule has 2 N–H and O–H groups in total. The van der Waals surface area contributed by atoms with Crippen molar-refractivity contribution in [2.45, 2.75) is 17.6 Å². The Balaban J connectivity index is 2.80. The number of benzene rings is 1. The van der Waals surface area contributed by atoms with Gasteiger partial charge in [0.15, 0.2) is 0 Å². The van der Waals surface area contributed by atoms with Crippen molar-refractivity contribution in [1.29, 1.82) is 0 Å². The molecule has 110 valence electrons. The summed E-state index contributed by atoms with van der Waals surface area (Å²) in [6, 6.07) is 3.49. The Bertz CT molecular complexity index is 590. The molecule has 0 saturated heterocycles. The average molecular weight is 314 g/mol. The summed E-state index contributed by atoms with van der Waals surface area (Å²) in [5.41, 5.74) is -5.31. The summed E-state index contributed by atoms with van der Waals surface area (Å²) >= 11 is 5.63. The SMILES string of the molecule is CN1C(=O)C(F)(C(O)(O)C(F)(F)F)c2c(Cl)cccc21. The molecule has 4 nitrogen and oxygen atoms in total. The molecule has 1 heterocycles. The zero-order valence-corrected chi connectivity index (χ0v) is 10.6. The summed E-state index contributed by atoms with van der Waals surface area (Å²) < 4.78 is 52.9. The second-order valence-electron chi connectivity index (χ2n) is 4.33. The number of carbonyl (C=O) groups excluding carboxylic acids is 1. The van der Waals surface area contributed by atoms with Crippen LogP contribution in [-0.4, -0.2) is 35.1 Å². The van der Waals surface area contributed by atoms with Gasteiger partial charge < -0.3 is 15.1 Å². The number of halogens is 5. The van der Waals surface area contributed by atoms with E-state index >= 15 is 0 Å². The lowest BCUT2D eigenvalue weighted by atomic mass is 9.87. The molecule has 1 aliphatic rings. The Morgan fingerprint density at radius 2 is 1.85 bits per heavy atom. The molecule has 9 heteroatoms. The Labute approximate surface area is 115 Å². The van der Waals surface area contributed by atoms with E-state index in [0.717, 1.165) is 19.2 Å². The molecule has 1 amide bonds. The molecular formula is C11H8ClF4NO3. The summed E-state index contributed by atoms with van der Waals surface area (Å²) in [5.74, 6) is -6.66. The molecule has 0 spiro atoms. The quantitative estimate of drug-likeness (QED) is 0.613. The van der Waals surface area contributed by atoms with Gasteiger partial charge in [-0.05, 0) is 12.1 Å². The molecule has 1 aromatic carbocycles. The predicted octanol–water partition coefficient (Wildman–Crippen LogP) is 1.72. The molecule has 0 aliphatic carbocycles. The summed E-state index contributed by atoms with van der Waals surface area (Å²) in [7, 11) is 1.01. The third kappa shape index (κ3) is 1.58. The van der Waals surface area contributed by atoms with E-state index < -0.39 is 34.1 Å². The molecule has 1 aromatic rings. The number of rotatable bonds is 1. The van der Waals surface area contributed by atoms with Crippen molar-refractivity contribution in [3.63, 3.8) is 0 Å². The monoisotopic (exact) mass is 313 g/mol. The number of carbonyl (C=O) groups is 1. The van der Waals surface area contributed by atoms with Crippen molar-refractivity contribution in [3.8, 4) is 0 Å². The lowest BCUT2D eigenvalue weighted by molar-refractivity contribution is -0.387. The topological polar surface area (TPSA) is 60.8 Å². The van der Waals surface area contributed by atoms with Crippen LogP contribution in [0.1, 0.15) is 5.56 Å². The number of likely N-dealkylation sites (N-methyl/N-ethyl adjacent to an activating group) is 1. The van der Waals surface area contributed by atoms with Crippen molar-refractivity contribution in [1.82, 2.24) is 0 Å². The van der Waals surface area contributed by atoms with Gasteiger partial charge in [0.05, 0.1) is 5.69 Å². The highest BCUT2D eigenvalue weighted by Crippen LogP contribution is 2.54. The van der Waals surface area contributed by atoms with Crippen LogP contribution in [0.15, 0.2) is 18.2 Å². The van der Waals surface area contributed by atoms with E-state index in [0.29, 0.717) is 4.90 Å². The second kappa shape index (κ2) is 4.06. The number of amides is 1. The maximum atomic E-state index is 14.8. The summed E-state index contributed by atoms with van der Waals surface area (Å²) in [6.07, 6.45) is -5.79. The molecule has 1 unspecified atom stereocenters. The van der Waals surface area contributed by atoms with E-state index in [2.05, 4.69) is 0 Å². The first-order valence-corrected chi connectivity index (χ1v) is 5.61. The van der Waals surface area contributed by atoms with Crippen LogP contribution in [0.4, 0.5) is 23.2 Å². The molecule has 0 fully saturated rings. The van der Waals surface area contributed by atoms with Gasteiger partial charge in [-0.1, -0.05) is 17.7 Å². The van der Waals surface area contributed by atoms with Crippen molar-refractivity contribution in [2.24, 2.45) is 0 Å². The fourth-order valence-corrected chi connectivity index (χ4v) is 2.40. The highest BCUT2D eigenvalue weighted by Gasteiger charge is 2.75. The molecule has 20 heavy (non-hydrogen) atoms. The Morgan fingerprint density at radius 1 is 1.30 bits per heavy atom. The predicted molar refractivity (Wildman–Crippen MR) is 60.9 cm³/mol. The van der Waals surface area contributed by atoms with E-state index in [1.54, 1.807) is 0 Å². The summed E-state index contributed by atoms with van der Waals surface area (Å²) in [6.45, 7) is 0. The first-order chi connectivity index (χ1) is 8.96. The van der Waals surface area contributed by atoms with E-state index in [9.17, 15) is 32.6 Å². The van der Waals surface area contributed by atoms with Crippen LogP contribution in [0.25, 0.3) is 0 Å². The van der Waals surface area contributed by atoms with Crippen LogP contribution in [0.5, 0.6) is 0 Å². The zero-order valence-electron chi connectivity index (χ0n) is 9.87. The van der Waals surface area contributed by atoms with Crippen molar-refractivity contribution in [3.05, 3.63) is 28.8 Å². The van der Waals surface area contributed by atoms with Crippen LogP contribution in [-0.2, 0) is 10.5 Å². The first-order valence-electron chi connectivity index (χ1n) is 5.23. The van der Waals surface area contributed by atoms with Gasteiger partial charge in [0.1, 0.15) is 0 Å². The Kier molecular flexibility index (Phi) is 3.05. The second-order valence-corrected chi connectivity index (χ2v) is 4.73. The number of hydrogen-bond donors (Lipinski definition) is 2. The van der Waals surface area contributed by atoms with Crippen LogP contribution in [0, 0.1) is 0 Å². The molecular weight excluding hydrogens is 306 g/mol. The van der Waals surface area contributed by atoms with Crippen LogP contribution in [0.3, 0.4) is 0 Å². The largest absolute Gasteiger partial charge is 0.447 e. The van der Waals surface area contributed by atoms with Crippen molar-refractivity contribution >= 4 is 23.2 Å². The van der Waals surface area contributed by atoms with E-state index in [-0.39, 0.29) is 5.69 Å². The van der Waals surface area contributed by atoms with Gasteiger partial charge in [-0.25, -0.2) is 4.39 Å². The smallest absolute Gasteiger partial charge is 0.355 e. The maximum Gasteiger partial charge on any atom is 0.447 e. The van der Waals surface area contributed by atoms with E-state index in [4.69, 9.17) is 11.6 Å². The number of anilines is 1. The highest BCUT2D eigenvalue weighted by atomic mass is 35.5. The maximum absolute atomic E-state index is 14.8. The van der Waals surface area contributed by atoms with Crippen LogP contribution >= 0.6 is 11.6 Å². The van der Waals surface area contributed by atoms with Crippen molar-refractivity contribution < 1.29 is 32.6 Å². The molecule has 2 rings (SSSR count). The molecule has 1 aliphatic heterocycles. The van der Waals surface area contributed by atoms with E-state index in [1.807, 2.05) is 0 Å². The number of hydrogen-bond acceptors (Lipinski definition) is 3. The molecule has 1 atom stereocenters. The number of alkyl halides is 4. The molecule has 0 radical (unpaired) electrons. The van der Waals surface area contributed by atoms with Gasteiger partial charge >= 0.3 is 12.0 Å². The third-order valence-corrected chi connectivity index (χ3v) is 3.49. The average Bonchev–Trinajstić information content (AvgIpc) is 2.52. The highest BCUT2D eigenvalue weighted by molar-refractivity contribution is 6.33. The van der Waals surface area contributed by atoms with Gasteiger partial charge in [0.2, 0.25) is 0 Å². The number of nitrogens with zero attached hydrogens (tertiary/aromatic N) is 1. The summed E-state index contributed by atoms with van der Waals surface area (Å²) in [4.78, 5) is 12.4.